The number of aliphatic hydroxyl groups excluding tert-OH is 1. The average Bonchev–Trinajstić information content (AvgIpc) is 2.61. The summed E-state index contributed by atoms with van der Waals surface area (Å²) < 4.78 is 12.1. The lowest BCUT2D eigenvalue weighted by Gasteiger charge is -2.34. The van der Waals surface area contributed by atoms with E-state index in [0.717, 1.165) is 12.8 Å². The lowest BCUT2D eigenvalue weighted by Crippen LogP contribution is -2.40. The second-order valence-electron chi connectivity index (χ2n) is 7.38. The van der Waals surface area contributed by atoms with Gasteiger partial charge in [0.1, 0.15) is 0 Å². The number of ether oxygens (including phenoxy) is 2. The van der Waals surface area contributed by atoms with Gasteiger partial charge in [-0.2, -0.15) is 0 Å². The Balaban J connectivity index is 1.79. The van der Waals surface area contributed by atoms with Crippen LogP contribution in [0.4, 0.5) is 0 Å². The third kappa shape index (κ3) is 3.73. The van der Waals surface area contributed by atoms with Crippen LogP contribution in [0.1, 0.15) is 47.5 Å². The molecule has 4 heteroatoms. The molecular formula is C16H31NO3. The summed E-state index contributed by atoms with van der Waals surface area (Å²) in [5, 5.41) is 13.2. The summed E-state index contributed by atoms with van der Waals surface area (Å²) >= 11 is 0. The highest BCUT2D eigenvalue weighted by Crippen LogP contribution is 2.47. The number of nitrogens with one attached hydrogen (secondary N) is 1. The van der Waals surface area contributed by atoms with Crippen molar-refractivity contribution in [2.75, 3.05) is 13.2 Å². The maximum Gasteiger partial charge on any atom is 0.0897 e. The minimum atomic E-state index is -0.432. The molecule has 2 bridgehead atoms. The van der Waals surface area contributed by atoms with Crippen LogP contribution in [0.15, 0.2) is 0 Å². The minimum absolute atomic E-state index is 0.0190. The Bertz CT molecular complexity index is 319. The predicted molar refractivity (Wildman–Crippen MR) is 79.7 cm³/mol. The molecule has 0 aromatic heterocycles. The van der Waals surface area contributed by atoms with E-state index in [-0.39, 0.29) is 11.7 Å². The first-order valence-electron chi connectivity index (χ1n) is 8.00. The highest BCUT2D eigenvalue weighted by atomic mass is 16.5. The third-order valence-corrected chi connectivity index (χ3v) is 4.91. The molecule has 0 radical (unpaired) electrons. The van der Waals surface area contributed by atoms with E-state index >= 15 is 0 Å². The molecule has 0 aromatic carbocycles. The number of hydrogen-bond donors (Lipinski definition) is 2. The first-order valence-corrected chi connectivity index (χ1v) is 8.00. The van der Waals surface area contributed by atoms with Gasteiger partial charge >= 0.3 is 0 Å². The Kier molecular flexibility index (Phi) is 5.11. The van der Waals surface area contributed by atoms with Gasteiger partial charge in [-0.15, -0.1) is 0 Å². The summed E-state index contributed by atoms with van der Waals surface area (Å²) in [6.07, 6.45) is 2.31. The number of fused-ring (bicyclic) bond motifs is 2. The summed E-state index contributed by atoms with van der Waals surface area (Å²) in [6, 6.07) is 0.392. The van der Waals surface area contributed by atoms with Crippen molar-refractivity contribution in [2.24, 2.45) is 11.8 Å². The molecule has 5 unspecified atom stereocenters. The highest BCUT2D eigenvalue weighted by molar-refractivity contribution is 4.99. The van der Waals surface area contributed by atoms with Gasteiger partial charge in [-0.1, -0.05) is 20.8 Å². The van der Waals surface area contributed by atoms with E-state index in [1.807, 2.05) is 0 Å². The van der Waals surface area contributed by atoms with Gasteiger partial charge in [0, 0.05) is 18.5 Å². The van der Waals surface area contributed by atoms with Crippen LogP contribution in [-0.4, -0.2) is 48.2 Å². The number of hydrogen-bond acceptors (Lipinski definition) is 4. The molecule has 1 saturated heterocycles. The van der Waals surface area contributed by atoms with Crippen molar-refractivity contribution in [1.82, 2.24) is 5.32 Å². The molecule has 2 aliphatic rings. The quantitative estimate of drug-likeness (QED) is 0.783. The molecule has 1 heterocycles. The maximum absolute atomic E-state index is 9.95. The average molecular weight is 285 g/mol. The van der Waals surface area contributed by atoms with Crippen LogP contribution < -0.4 is 5.32 Å². The van der Waals surface area contributed by atoms with Crippen LogP contribution in [0.3, 0.4) is 0 Å². The maximum atomic E-state index is 9.95. The van der Waals surface area contributed by atoms with Crippen molar-refractivity contribution >= 4 is 0 Å². The summed E-state index contributed by atoms with van der Waals surface area (Å²) in [5.41, 5.74) is -0.0190. The summed E-state index contributed by atoms with van der Waals surface area (Å²) in [7, 11) is 0. The van der Waals surface area contributed by atoms with Crippen LogP contribution in [0.2, 0.25) is 0 Å². The lowest BCUT2D eigenvalue weighted by atomic mass is 9.76. The predicted octanol–water partition coefficient (Wildman–Crippen LogP) is 1.95. The summed E-state index contributed by atoms with van der Waals surface area (Å²) in [4.78, 5) is 0. The first kappa shape index (κ1) is 16.2. The zero-order valence-corrected chi connectivity index (χ0v) is 13.6. The Morgan fingerprint density at radius 3 is 2.70 bits per heavy atom. The first-order chi connectivity index (χ1) is 9.29. The lowest BCUT2D eigenvalue weighted by molar-refractivity contribution is -0.0791. The molecule has 118 valence electrons. The molecular weight excluding hydrogens is 254 g/mol. The molecule has 0 amide bonds. The van der Waals surface area contributed by atoms with E-state index in [1.165, 1.54) is 0 Å². The Labute approximate surface area is 123 Å². The zero-order valence-electron chi connectivity index (χ0n) is 13.6. The van der Waals surface area contributed by atoms with Crippen molar-refractivity contribution in [2.45, 2.75) is 77.4 Å². The van der Waals surface area contributed by atoms with Gasteiger partial charge in [0.25, 0.3) is 0 Å². The van der Waals surface area contributed by atoms with E-state index in [9.17, 15) is 5.11 Å². The molecule has 0 spiro atoms. The van der Waals surface area contributed by atoms with Crippen LogP contribution in [0.25, 0.3) is 0 Å². The molecule has 4 nitrogen and oxygen atoms in total. The molecule has 0 aromatic rings. The topological polar surface area (TPSA) is 50.7 Å². The van der Waals surface area contributed by atoms with Crippen molar-refractivity contribution in [3.05, 3.63) is 0 Å². The van der Waals surface area contributed by atoms with Crippen LogP contribution in [-0.2, 0) is 9.47 Å². The van der Waals surface area contributed by atoms with Gasteiger partial charge in [0.15, 0.2) is 0 Å². The van der Waals surface area contributed by atoms with Gasteiger partial charge in [0.05, 0.1) is 30.5 Å². The van der Waals surface area contributed by atoms with E-state index in [4.69, 9.17) is 9.47 Å². The standard InChI is InChI=1S/C16H31NO3/c1-10(2)17-8-13(18)9-19-14-6-12-7-15(11(14)3)20-16(12,4)5/h10-15,17-18H,6-9H2,1-5H3. The molecule has 1 aliphatic carbocycles. The highest BCUT2D eigenvalue weighted by Gasteiger charge is 2.50. The Morgan fingerprint density at radius 2 is 2.05 bits per heavy atom. The van der Waals surface area contributed by atoms with Crippen molar-refractivity contribution in [3.63, 3.8) is 0 Å². The molecule has 2 rings (SSSR count). The molecule has 2 N–H and O–H groups in total. The summed E-state index contributed by atoms with van der Waals surface area (Å²) in [5.74, 6) is 0.998. The van der Waals surface area contributed by atoms with Crippen LogP contribution in [0, 0.1) is 11.8 Å². The second-order valence-corrected chi connectivity index (χ2v) is 7.38. The smallest absolute Gasteiger partial charge is 0.0897 e. The van der Waals surface area contributed by atoms with E-state index in [0.29, 0.717) is 37.1 Å². The second kappa shape index (κ2) is 6.30. The fraction of sp³-hybridized carbons (Fsp3) is 1.00. The van der Waals surface area contributed by atoms with Crippen LogP contribution in [0.5, 0.6) is 0 Å². The molecule has 1 saturated carbocycles. The zero-order chi connectivity index (χ0) is 14.9. The van der Waals surface area contributed by atoms with Crippen molar-refractivity contribution in [1.29, 1.82) is 0 Å². The van der Waals surface area contributed by atoms with Crippen LogP contribution >= 0.6 is 0 Å². The van der Waals surface area contributed by atoms with Crippen molar-refractivity contribution < 1.29 is 14.6 Å². The number of aliphatic hydroxyl groups is 1. The fourth-order valence-electron chi connectivity index (χ4n) is 3.42. The van der Waals surface area contributed by atoms with Gasteiger partial charge in [0.2, 0.25) is 0 Å². The van der Waals surface area contributed by atoms with Gasteiger partial charge in [-0.25, -0.2) is 0 Å². The van der Waals surface area contributed by atoms with Gasteiger partial charge in [-0.05, 0) is 32.6 Å². The minimum Gasteiger partial charge on any atom is -0.389 e. The van der Waals surface area contributed by atoms with Gasteiger partial charge < -0.3 is 19.9 Å². The Morgan fingerprint density at radius 1 is 1.35 bits per heavy atom. The summed E-state index contributed by atoms with van der Waals surface area (Å²) in [6.45, 7) is 11.7. The molecule has 20 heavy (non-hydrogen) atoms. The largest absolute Gasteiger partial charge is 0.389 e. The molecule has 5 atom stereocenters. The van der Waals surface area contributed by atoms with E-state index in [1.54, 1.807) is 0 Å². The SMILES string of the molecule is CC(C)NCC(O)COC1CC2CC(OC2(C)C)C1C. The number of rotatable bonds is 6. The van der Waals surface area contributed by atoms with E-state index in [2.05, 4.69) is 39.9 Å². The normalized spacial score (nSPS) is 37.4. The Hall–Kier alpha value is -0.160. The fourth-order valence-corrected chi connectivity index (χ4v) is 3.42. The monoisotopic (exact) mass is 285 g/mol. The van der Waals surface area contributed by atoms with Crippen molar-refractivity contribution in [3.8, 4) is 0 Å². The molecule has 2 fully saturated rings. The molecule has 1 aliphatic heterocycles. The van der Waals surface area contributed by atoms with E-state index < -0.39 is 6.10 Å². The third-order valence-electron chi connectivity index (χ3n) is 4.91. The van der Waals surface area contributed by atoms with Gasteiger partial charge in [-0.3, -0.25) is 0 Å².